The van der Waals surface area contributed by atoms with E-state index in [1.165, 1.54) is 37.3 Å². The second-order valence-electron chi connectivity index (χ2n) is 9.20. The number of carboxylic acids is 1. The van der Waals surface area contributed by atoms with Gasteiger partial charge >= 0.3 is 12.1 Å². The molecule has 5 rings (SSSR count). The summed E-state index contributed by atoms with van der Waals surface area (Å²) in [5.41, 5.74) is 2.20. The number of hydrogen-bond acceptors (Lipinski definition) is 8. The summed E-state index contributed by atoms with van der Waals surface area (Å²) in [6, 6.07) is 6.89. The number of imidazole rings is 1. The van der Waals surface area contributed by atoms with Gasteiger partial charge in [-0.05, 0) is 24.5 Å². The van der Waals surface area contributed by atoms with Crippen LogP contribution in [0.4, 0.5) is 19.0 Å². The number of halogens is 3. The van der Waals surface area contributed by atoms with Crippen LogP contribution in [0.3, 0.4) is 0 Å². The van der Waals surface area contributed by atoms with Crippen molar-refractivity contribution in [2.45, 2.75) is 31.5 Å². The SMILES string of the molecule is COc1ncnc(C2CC2)c1-c1ncc(/C=C/C(=O)O)c(NCc2ccc(-c3nc(C(F)(F)F)cn3C)cc2)n1. The molecule has 0 amide bonds. The van der Waals surface area contributed by atoms with Gasteiger partial charge in [-0.3, -0.25) is 0 Å². The molecule has 2 N–H and O–H groups in total. The van der Waals surface area contributed by atoms with Crippen molar-refractivity contribution in [3.8, 4) is 28.7 Å². The number of carboxylic acid groups (broad SMARTS) is 1. The van der Waals surface area contributed by atoms with Gasteiger partial charge in [-0.1, -0.05) is 24.3 Å². The lowest BCUT2D eigenvalue weighted by atomic mass is 10.1. The van der Waals surface area contributed by atoms with Crippen LogP contribution in [-0.4, -0.2) is 47.7 Å². The summed E-state index contributed by atoms with van der Waals surface area (Å²) >= 11 is 0. The fourth-order valence-electron chi connectivity index (χ4n) is 4.18. The van der Waals surface area contributed by atoms with E-state index in [0.29, 0.717) is 34.2 Å². The molecule has 0 unspecified atom stereocenters. The fourth-order valence-corrected chi connectivity index (χ4v) is 4.18. The Morgan fingerprint density at radius 1 is 1.18 bits per heavy atom. The van der Waals surface area contributed by atoms with Gasteiger partial charge in [-0.25, -0.2) is 29.7 Å². The number of hydrogen-bond donors (Lipinski definition) is 2. The summed E-state index contributed by atoms with van der Waals surface area (Å²) in [4.78, 5) is 32.6. The van der Waals surface area contributed by atoms with Crippen molar-refractivity contribution < 1.29 is 27.8 Å². The van der Waals surface area contributed by atoms with E-state index < -0.39 is 17.8 Å². The third kappa shape index (κ3) is 5.77. The Morgan fingerprint density at radius 3 is 2.55 bits per heavy atom. The van der Waals surface area contributed by atoms with Crippen LogP contribution in [0.15, 0.2) is 49.1 Å². The van der Waals surface area contributed by atoms with Crippen LogP contribution in [0.25, 0.3) is 28.9 Å². The minimum Gasteiger partial charge on any atom is -0.480 e. The van der Waals surface area contributed by atoms with Gasteiger partial charge in [-0.2, -0.15) is 13.2 Å². The Hall–Kier alpha value is -4.81. The third-order valence-electron chi connectivity index (χ3n) is 6.28. The second-order valence-corrected chi connectivity index (χ2v) is 9.20. The lowest BCUT2D eigenvalue weighted by Gasteiger charge is -2.14. The number of ether oxygens (including phenoxy) is 1. The van der Waals surface area contributed by atoms with E-state index in [0.717, 1.165) is 36.4 Å². The Balaban J connectivity index is 1.43. The Labute approximate surface area is 226 Å². The molecule has 3 heterocycles. The molecular formula is C27H24F3N7O3. The summed E-state index contributed by atoms with van der Waals surface area (Å²) in [5, 5.41) is 12.3. The molecule has 1 saturated carbocycles. The zero-order valence-corrected chi connectivity index (χ0v) is 21.5. The molecule has 3 aromatic heterocycles. The van der Waals surface area contributed by atoms with E-state index in [1.807, 2.05) is 0 Å². The number of nitrogens with one attached hydrogen (secondary N) is 1. The first kappa shape index (κ1) is 26.8. The number of aliphatic carboxylic acids is 1. The van der Waals surface area contributed by atoms with Crippen LogP contribution in [-0.2, 0) is 24.6 Å². The number of benzene rings is 1. The van der Waals surface area contributed by atoms with E-state index >= 15 is 0 Å². The molecule has 0 bridgehead atoms. The molecule has 1 aliphatic rings. The van der Waals surface area contributed by atoms with Crippen molar-refractivity contribution in [1.82, 2.24) is 29.5 Å². The predicted octanol–water partition coefficient (Wildman–Crippen LogP) is 4.95. The standard InChI is InChI=1S/C27H24F3N7O3/c1-37-13-19(27(28,29)30)35-25(37)17-5-3-15(4-6-17)11-31-23-18(9-10-20(38)39)12-32-24(36-23)21-22(16-7-8-16)33-14-34-26(21)40-2/h3-6,9-10,12-14,16H,7-8,11H2,1-2H3,(H,38,39)(H,31,32,36)/b10-9+. The second kappa shape index (κ2) is 10.8. The molecule has 1 aliphatic carbocycles. The molecule has 206 valence electrons. The quantitative estimate of drug-likeness (QED) is 0.278. The van der Waals surface area contributed by atoms with Crippen molar-refractivity contribution in [2.24, 2.45) is 7.05 Å². The van der Waals surface area contributed by atoms with Crippen molar-refractivity contribution in [3.05, 3.63) is 71.6 Å². The average Bonchev–Trinajstić information content (AvgIpc) is 3.70. The average molecular weight is 552 g/mol. The molecule has 40 heavy (non-hydrogen) atoms. The minimum absolute atomic E-state index is 0.193. The fraction of sp³-hybridized carbons (Fsp3) is 0.259. The Bertz CT molecular complexity index is 1580. The van der Waals surface area contributed by atoms with Crippen molar-refractivity contribution in [3.63, 3.8) is 0 Å². The van der Waals surface area contributed by atoms with Gasteiger partial charge in [0.1, 0.15) is 23.5 Å². The van der Waals surface area contributed by atoms with E-state index in [-0.39, 0.29) is 18.3 Å². The smallest absolute Gasteiger partial charge is 0.434 e. The highest BCUT2D eigenvalue weighted by atomic mass is 19.4. The van der Waals surface area contributed by atoms with Crippen LogP contribution >= 0.6 is 0 Å². The van der Waals surface area contributed by atoms with Crippen LogP contribution in [0.5, 0.6) is 5.88 Å². The van der Waals surface area contributed by atoms with Crippen LogP contribution in [0.2, 0.25) is 0 Å². The summed E-state index contributed by atoms with van der Waals surface area (Å²) in [6.07, 6.45) is 3.73. The van der Waals surface area contributed by atoms with E-state index in [4.69, 9.17) is 9.84 Å². The molecular weight excluding hydrogens is 527 g/mol. The summed E-state index contributed by atoms with van der Waals surface area (Å²) < 4.78 is 45.9. The number of anilines is 1. The molecule has 0 atom stereocenters. The van der Waals surface area contributed by atoms with Gasteiger partial charge in [0.15, 0.2) is 11.5 Å². The lowest BCUT2D eigenvalue weighted by Crippen LogP contribution is -2.07. The van der Waals surface area contributed by atoms with Crippen LogP contribution in [0, 0.1) is 0 Å². The maximum absolute atomic E-state index is 13.1. The number of alkyl halides is 3. The number of methoxy groups -OCH3 is 1. The van der Waals surface area contributed by atoms with Gasteiger partial charge in [0.25, 0.3) is 0 Å². The minimum atomic E-state index is -4.53. The van der Waals surface area contributed by atoms with E-state index in [1.54, 1.807) is 24.3 Å². The Morgan fingerprint density at radius 2 is 1.93 bits per heavy atom. The molecule has 0 aliphatic heterocycles. The number of rotatable bonds is 9. The number of aromatic nitrogens is 6. The zero-order valence-electron chi connectivity index (χ0n) is 21.5. The van der Waals surface area contributed by atoms with Gasteiger partial charge < -0.3 is 19.7 Å². The third-order valence-corrected chi connectivity index (χ3v) is 6.28. The summed E-state index contributed by atoms with van der Waals surface area (Å²) in [5.74, 6) is 0.387. The molecule has 4 aromatic rings. The van der Waals surface area contributed by atoms with Crippen LogP contribution in [0.1, 0.15) is 41.3 Å². The zero-order chi connectivity index (χ0) is 28.4. The van der Waals surface area contributed by atoms with E-state index in [9.17, 15) is 18.0 Å². The number of aryl methyl sites for hydroxylation is 1. The summed E-state index contributed by atoms with van der Waals surface area (Å²) in [6.45, 7) is 0.289. The lowest BCUT2D eigenvalue weighted by molar-refractivity contribution is -0.141. The van der Waals surface area contributed by atoms with Gasteiger partial charge in [0, 0.05) is 49.1 Å². The Kier molecular flexibility index (Phi) is 7.20. The first-order valence-electron chi connectivity index (χ1n) is 12.2. The maximum atomic E-state index is 13.1. The normalized spacial score (nSPS) is 13.5. The molecule has 0 saturated heterocycles. The van der Waals surface area contributed by atoms with Crippen molar-refractivity contribution in [2.75, 3.05) is 12.4 Å². The largest absolute Gasteiger partial charge is 0.480 e. The van der Waals surface area contributed by atoms with Gasteiger partial charge in [-0.15, -0.1) is 0 Å². The molecule has 1 aromatic carbocycles. The highest BCUT2D eigenvalue weighted by molar-refractivity contribution is 5.86. The highest BCUT2D eigenvalue weighted by Crippen LogP contribution is 2.45. The predicted molar refractivity (Wildman–Crippen MR) is 139 cm³/mol. The monoisotopic (exact) mass is 551 g/mol. The number of nitrogens with zero attached hydrogens (tertiary/aromatic N) is 6. The molecule has 13 heteroatoms. The highest BCUT2D eigenvalue weighted by Gasteiger charge is 2.34. The number of carbonyl (C=O) groups is 1. The molecule has 10 nitrogen and oxygen atoms in total. The van der Waals surface area contributed by atoms with E-state index in [2.05, 4.69) is 30.2 Å². The first-order valence-corrected chi connectivity index (χ1v) is 12.2. The van der Waals surface area contributed by atoms with Gasteiger partial charge in [0.05, 0.1) is 12.8 Å². The molecule has 0 radical (unpaired) electrons. The van der Waals surface area contributed by atoms with Gasteiger partial charge in [0.2, 0.25) is 5.88 Å². The summed E-state index contributed by atoms with van der Waals surface area (Å²) in [7, 11) is 3.01. The topological polar surface area (TPSA) is 128 Å². The van der Waals surface area contributed by atoms with Crippen molar-refractivity contribution in [1.29, 1.82) is 0 Å². The molecule has 0 spiro atoms. The maximum Gasteiger partial charge on any atom is 0.434 e. The van der Waals surface area contributed by atoms with Crippen LogP contribution < -0.4 is 10.1 Å². The molecule has 1 fully saturated rings. The van der Waals surface area contributed by atoms with Crippen molar-refractivity contribution >= 4 is 17.9 Å². The first-order chi connectivity index (χ1) is 19.1.